The Labute approximate surface area is 117 Å². The van der Waals surface area contributed by atoms with Crippen LogP contribution in [0.4, 0.5) is 0 Å². The summed E-state index contributed by atoms with van der Waals surface area (Å²) in [6.45, 7) is 2.83. The molecular weight excluding hydrogens is 294 g/mol. The monoisotopic (exact) mass is 313 g/mol. The molecule has 0 saturated carbocycles. The summed E-state index contributed by atoms with van der Waals surface area (Å²) in [6, 6.07) is 7.60. The second-order valence-corrected chi connectivity index (χ2v) is 5.43. The fourth-order valence-electron chi connectivity index (χ4n) is 1.66. The maximum absolute atomic E-state index is 11.8. The molecule has 1 rings (SSSR count). The normalized spacial score (nSPS) is 11.9. The Morgan fingerprint density at radius 3 is 2.83 bits per heavy atom. The quantitative estimate of drug-likeness (QED) is 0.786. The van der Waals surface area contributed by atoms with Gasteiger partial charge in [-0.15, -0.1) is 0 Å². The molecule has 0 spiro atoms. The Kier molecular flexibility index (Phi) is 6.80. The highest BCUT2D eigenvalue weighted by molar-refractivity contribution is 9.09. The van der Waals surface area contributed by atoms with Crippen molar-refractivity contribution in [2.75, 3.05) is 13.7 Å². The van der Waals surface area contributed by atoms with Crippen LogP contribution in [0.3, 0.4) is 0 Å². The smallest absolute Gasteiger partial charge is 0.224 e. The lowest BCUT2D eigenvalue weighted by atomic mass is 10.1. The molecule has 0 fully saturated rings. The van der Waals surface area contributed by atoms with Gasteiger partial charge in [-0.1, -0.05) is 41.1 Å². The third-order valence-electron chi connectivity index (χ3n) is 2.77. The minimum Gasteiger partial charge on any atom is -0.496 e. The van der Waals surface area contributed by atoms with Gasteiger partial charge < -0.3 is 10.1 Å². The van der Waals surface area contributed by atoms with Gasteiger partial charge in [0.25, 0.3) is 0 Å². The number of halogens is 1. The van der Waals surface area contributed by atoms with E-state index in [2.05, 4.69) is 28.2 Å². The van der Waals surface area contributed by atoms with E-state index in [0.717, 1.165) is 24.2 Å². The van der Waals surface area contributed by atoms with E-state index in [1.54, 1.807) is 7.11 Å². The zero-order valence-corrected chi connectivity index (χ0v) is 12.5. The zero-order chi connectivity index (χ0) is 13.4. The van der Waals surface area contributed by atoms with Gasteiger partial charge in [0.2, 0.25) is 5.91 Å². The maximum Gasteiger partial charge on any atom is 0.224 e. The van der Waals surface area contributed by atoms with Gasteiger partial charge in [0.1, 0.15) is 5.75 Å². The molecule has 3 nitrogen and oxygen atoms in total. The number of methoxy groups -OCH3 is 1. The maximum atomic E-state index is 11.8. The van der Waals surface area contributed by atoms with E-state index >= 15 is 0 Å². The Morgan fingerprint density at radius 1 is 1.44 bits per heavy atom. The summed E-state index contributed by atoms with van der Waals surface area (Å²) < 4.78 is 5.22. The summed E-state index contributed by atoms with van der Waals surface area (Å²) in [5, 5.41) is 2.92. The van der Waals surface area contributed by atoms with Crippen LogP contribution in [-0.4, -0.2) is 24.4 Å². The lowest BCUT2D eigenvalue weighted by Crippen LogP contribution is -2.27. The van der Waals surface area contributed by atoms with Crippen LogP contribution in [0.5, 0.6) is 5.75 Å². The van der Waals surface area contributed by atoms with Gasteiger partial charge in [-0.3, -0.25) is 4.79 Å². The molecule has 0 bridgehead atoms. The van der Waals surface area contributed by atoms with Crippen molar-refractivity contribution in [1.29, 1.82) is 0 Å². The Bertz CT molecular complexity index is 382. The highest BCUT2D eigenvalue weighted by atomic mass is 79.9. The molecule has 4 heteroatoms. The molecule has 1 aromatic rings. The van der Waals surface area contributed by atoms with Crippen molar-refractivity contribution in [1.82, 2.24) is 5.32 Å². The van der Waals surface area contributed by atoms with Crippen LogP contribution in [0, 0.1) is 0 Å². The fraction of sp³-hybridized carbons (Fsp3) is 0.500. The van der Waals surface area contributed by atoms with E-state index in [-0.39, 0.29) is 5.91 Å². The van der Waals surface area contributed by atoms with Crippen LogP contribution in [0.1, 0.15) is 25.3 Å². The van der Waals surface area contributed by atoms with Crippen LogP contribution in [0.15, 0.2) is 24.3 Å². The minimum absolute atomic E-state index is 0.0373. The lowest BCUT2D eigenvalue weighted by molar-refractivity contribution is -0.120. The van der Waals surface area contributed by atoms with E-state index in [4.69, 9.17) is 4.74 Å². The number of ether oxygens (including phenoxy) is 1. The van der Waals surface area contributed by atoms with Crippen LogP contribution in [0.25, 0.3) is 0 Å². The number of hydrogen-bond donors (Lipinski definition) is 1. The highest BCUT2D eigenvalue weighted by Gasteiger charge is 2.08. The first kappa shape index (κ1) is 15.0. The highest BCUT2D eigenvalue weighted by Crippen LogP contribution is 2.17. The standard InChI is InChI=1S/C14H20BrNO2/c1-3-12(15)8-9-16-14(17)10-11-6-4-5-7-13(11)18-2/h4-7,12H,3,8-10H2,1-2H3,(H,16,17). The number of rotatable bonds is 7. The number of carbonyl (C=O) groups excluding carboxylic acids is 1. The molecule has 0 aliphatic rings. The third-order valence-corrected chi connectivity index (χ3v) is 3.87. The lowest BCUT2D eigenvalue weighted by Gasteiger charge is -2.10. The predicted molar refractivity (Wildman–Crippen MR) is 77.3 cm³/mol. The molecule has 100 valence electrons. The number of carbonyl (C=O) groups is 1. The van der Waals surface area contributed by atoms with Gasteiger partial charge in [0.15, 0.2) is 0 Å². The molecule has 18 heavy (non-hydrogen) atoms. The van der Waals surface area contributed by atoms with Crippen molar-refractivity contribution in [2.45, 2.75) is 31.0 Å². The first-order valence-electron chi connectivity index (χ1n) is 6.20. The van der Waals surface area contributed by atoms with Crippen molar-refractivity contribution in [2.24, 2.45) is 0 Å². The summed E-state index contributed by atoms with van der Waals surface area (Å²) in [6.07, 6.45) is 2.39. The van der Waals surface area contributed by atoms with E-state index in [1.807, 2.05) is 24.3 Å². The van der Waals surface area contributed by atoms with E-state index in [0.29, 0.717) is 17.8 Å². The molecule has 0 saturated heterocycles. The summed E-state index contributed by atoms with van der Waals surface area (Å²) in [5.41, 5.74) is 0.920. The molecular formula is C14H20BrNO2. The second-order valence-electron chi connectivity index (χ2n) is 4.13. The Morgan fingerprint density at radius 2 is 2.17 bits per heavy atom. The summed E-state index contributed by atoms with van der Waals surface area (Å²) in [7, 11) is 1.62. The third kappa shape index (κ3) is 5.08. The average molecular weight is 314 g/mol. The predicted octanol–water partition coefficient (Wildman–Crippen LogP) is 2.92. The van der Waals surface area contributed by atoms with E-state index in [9.17, 15) is 4.79 Å². The minimum atomic E-state index is 0.0373. The number of amides is 1. The van der Waals surface area contributed by atoms with Gasteiger partial charge in [-0.05, 0) is 18.9 Å². The number of para-hydroxylation sites is 1. The van der Waals surface area contributed by atoms with Crippen LogP contribution >= 0.6 is 15.9 Å². The first-order chi connectivity index (χ1) is 8.67. The number of alkyl halides is 1. The molecule has 1 N–H and O–H groups in total. The van der Waals surface area contributed by atoms with Gasteiger partial charge >= 0.3 is 0 Å². The van der Waals surface area contributed by atoms with Crippen molar-refractivity contribution < 1.29 is 9.53 Å². The largest absolute Gasteiger partial charge is 0.496 e. The van der Waals surface area contributed by atoms with E-state index < -0.39 is 0 Å². The average Bonchev–Trinajstić information content (AvgIpc) is 2.39. The van der Waals surface area contributed by atoms with Crippen LogP contribution in [0.2, 0.25) is 0 Å². The topological polar surface area (TPSA) is 38.3 Å². The van der Waals surface area contributed by atoms with Crippen molar-refractivity contribution in [3.05, 3.63) is 29.8 Å². The molecule has 0 aromatic heterocycles. The molecule has 1 atom stereocenters. The first-order valence-corrected chi connectivity index (χ1v) is 7.11. The van der Waals surface area contributed by atoms with Gasteiger partial charge in [-0.25, -0.2) is 0 Å². The molecule has 0 aliphatic carbocycles. The molecule has 0 heterocycles. The summed E-state index contributed by atoms with van der Waals surface area (Å²) >= 11 is 3.55. The van der Waals surface area contributed by atoms with E-state index in [1.165, 1.54) is 0 Å². The zero-order valence-electron chi connectivity index (χ0n) is 10.9. The van der Waals surface area contributed by atoms with Crippen LogP contribution in [-0.2, 0) is 11.2 Å². The van der Waals surface area contributed by atoms with Crippen molar-refractivity contribution >= 4 is 21.8 Å². The molecule has 0 radical (unpaired) electrons. The fourth-order valence-corrected chi connectivity index (χ4v) is 1.89. The Balaban J connectivity index is 2.40. The number of hydrogen-bond acceptors (Lipinski definition) is 2. The van der Waals surface area contributed by atoms with Gasteiger partial charge in [-0.2, -0.15) is 0 Å². The molecule has 1 aromatic carbocycles. The SMILES string of the molecule is CCC(Br)CCNC(=O)Cc1ccccc1OC. The summed E-state index contributed by atoms with van der Waals surface area (Å²) in [5.74, 6) is 0.801. The molecule has 1 amide bonds. The van der Waals surface area contributed by atoms with Gasteiger partial charge in [0, 0.05) is 16.9 Å². The second kappa shape index (κ2) is 8.14. The van der Waals surface area contributed by atoms with Crippen molar-refractivity contribution in [3.8, 4) is 5.75 Å². The van der Waals surface area contributed by atoms with Gasteiger partial charge in [0.05, 0.1) is 13.5 Å². The van der Waals surface area contributed by atoms with Crippen molar-refractivity contribution in [3.63, 3.8) is 0 Å². The number of nitrogens with one attached hydrogen (secondary N) is 1. The molecule has 1 unspecified atom stereocenters. The molecule has 0 aliphatic heterocycles. The number of benzene rings is 1. The summed E-state index contributed by atoms with van der Waals surface area (Å²) in [4.78, 5) is 12.2. The Hall–Kier alpha value is -1.03. The van der Waals surface area contributed by atoms with Crippen LogP contribution < -0.4 is 10.1 Å².